The molecule has 28 heavy (non-hydrogen) atoms. The Kier molecular flexibility index (Phi) is 5.30. The SMILES string of the molecule is O=C(Cn1cnc2scc(-c3ccc(Cl)cc3)c2c1=O)Nc1ccc(Br)cc1. The molecule has 0 saturated carbocycles. The fraction of sp³-hybridized carbons (Fsp3) is 0.0500. The van der Waals surface area contributed by atoms with Crippen LogP contribution in [-0.4, -0.2) is 15.5 Å². The second-order valence-electron chi connectivity index (χ2n) is 6.07. The van der Waals surface area contributed by atoms with Crippen LogP contribution in [0.25, 0.3) is 21.3 Å². The highest BCUT2D eigenvalue weighted by molar-refractivity contribution is 9.10. The minimum absolute atomic E-state index is 0.117. The van der Waals surface area contributed by atoms with E-state index >= 15 is 0 Å². The van der Waals surface area contributed by atoms with Crippen molar-refractivity contribution in [3.63, 3.8) is 0 Å². The van der Waals surface area contributed by atoms with Gasteiger partial charge in [-0.15, -0.1) is 11.3 Å². The number of halogens is 2. The normalized spacial score (nSPS) is 10.9. The zero-order valence-electron chi connectivity index (χ0n) is 14.4. The first-order valence-corrected chi connectivity index (χ1v) is 10.3. The molecule has 5 nitrogen and oxygen atoms in total. The number of hydrogen-bond donors (Lipinski definition) is 1. The lowest BCUT2D eigenvalue weighted by Crippen LogP contribution is -2.27. The van der Waals surface area contributed by atoms with Crippen molar-refractivity contribution in [2.45, 2.75) is 6.54 Å². The summed E-state index contributed by atoms with van der Waals surface area (Å²) in [6, 6.07) is 14.5. The molecule has 0 saturated heterocycles. The Labute approximate surface area is 177 Å². The zero-order valence-corrected chi connectivity index (χ0v) is 17.5. The quantitative estimate of drug-likeness (QED) is 0.443. The molecular formula is C20H13BrClN3O2S. The molecule has 0 aliphatic rings. The third-order valence-corrected chi connectivity index (χ3v) is 5.82. The number of aromatic nitrogens is 2. The lowest BCUT2D eigenvalue weighted by molar-refractivity contribution is -0.116. The van der Waals surface area contributed by atoms with Gasteiger partial charge in [0.15, 0.2) is 0 Å². The maximum atomic E-state index is 13.0. The number of fused-ring (bicyclic) bond motifs is 1. The monoisotopic (exact) mass is 473 g/mol. The van der Waals surface area contributed by atoms with E-state index in [1.807, 2.05) is 29.6 Å². The summed E-state index contributed by atoms with van der Waals surface area (Å²) >= 11 is 10.7. The van der Waals surface area contributed by atoms with E-state index in [9.17, 15) is 9.59 Å². The van der Waals surface area contributed by atoms with Gasteiger partial charge in [0.2, 0.25) is 5.91 Å². The van der Waals surface area contributed by atoms with Crippen LogP contribution in [-0.2, 0) is 11.3 Å². The number of carbonyl (C=O) groups is 1. The molecule has 0 spiro atoms. The molecule has 1 N–H and O–H groups in total. The zero-order chi connectivity index (χ0) is 19.7. The van der Waals surface area contributed by atoms with E-state index < -0.39 is 0 Å². The number of nitrogens with one attached hydrogen (secondary N) is 1. The summed E-state index contributed by atoms with van der Waals surface area (Å²) in [6.07, 6.45) is 1.41. The Bertz CT molecular complexity index is 1220. The summed E-state index contributed by atoms with van der Waals surface area (Å²) in [6.45, 7) is -0.117. The minimum Gasteiger partial charge on any atom is -0.325 e. The third-order valence-electron chi connectivity index (χ3n) is 4.16. The molecule has 0 bridgehead atoms. The van der Waals surface area contributed by atoms with E-state index in [4.69, 9.17) is 11.6 Å². The van der Waals surface area contributed by atoms with Gasteiger partial charge < -0.3 is 5.32 Å². The molecular weight excluding hydrogens is 462 g/mol. The van der Waals surface area contributed by atoms with Crippen LogP contribution in [0.2, 0.25) is 5.02 Å². The van der Waals surface area contributed by atoms with E-state index in [1.54, 1.807) is 24.3 Å². The summed E-state index contributed by atoms with van der Waals surface area (Å²) < 4.78 is 2.24. The molecule has 1 amide bonds. The molecule has 2 heterocycles. The van der Waals surface area contributed by atoms with Crippen LogP contribution in [0.5, 0.6) is 0 Å². The lowest BCUT2D eigenvalue weighted by Gasteiger charge is -2.08. The van der Waals surface area contributed by atoms with Crippen LogP contribution >= 0.6 is 38.9 Å². The van der Waals surface area contributed by atoms with Crippen molar-refractivity contribution in [3.8, 4) is 11.1 Å². The number of nitrogens with zero attached hydrogens (tertiary/aromatic N) is 2. The highest BCUT2D eigenvalue weighted by Gasteiger charge is 2.15. The summed E-state index contributed by atoms with van der Waals surface area (Å²) in [5.41, 5.74) is 2.08. The molecule has 4 rings (SSSR count). The highest BCUT2D eigenvalue weighted by atomic mass is 79.9. The number of rotatable bonds is 4. The first-order chi connectivity index (χ1) is 13.5. The van der Waals surface area contributed by atoms with Crippen molar-refractivity contribution >= 4 is 60.7 Å². The van der Waals surface area contributed by atoms with Crippen molar-refractivity contribution in [1.29, 1.82) is 0 Å². The molecule has 0 unspecified atom stereocenters. The van der Waals surface area contributed by atoms with E-state index in [0.29, 0.717) is 20.9 Å². The molecule has 4 aromatic rings. The van der Waals surface area contributed by atoms with Crippen molar-refractivity contribution < 1.29 is 4.79 Å². The Morgan fingerprint density at radius 3 is 2.57 bits per heavy atom. The first kappa shape index (κ1) is 18.9. The summed E-state index contributed by atoms with van der Waals surface area (Å²) in [4.78, 5) is 30.3. The average molecular weight is 475 g/mol. The van der Waals surface area contributed by atoms with Gasteiger partial charge >= 0.3 is 0 Å². The Morgan fingerprint density at radius 1 is 1.14 bits per heavy atom. The fourth-order valence-corrected chi connectivity index (χ4v) is 4.11. The Morgan fingerprint density at radius 2 is 1.86 bits per heavy atom. The fourth-order valence-electron chi connectivity index (χ4n) is 2.81. The van der Waals surface area contributed by atoms with Crippen LogP contribution in [0.15, 0.2) is 69.5 Å². The van der Waals surface area contributed by atoms with E-state index in [2.05, 4.69) is 26.2 Å². The van der Waals surface area contributed by atoms with Gasteiger partial charge in [0.1, 0.15) is 11.4 Å². The molecule has 0 atom stereocenters. The third kappa shape index (κ3) is 3.87. The van der Waals surface area contributed by atoms with Gasteiger partial charge in [-0.3, -0.25) is 14.2 Å². The van der Waals surface area contributed by atoms with Gasteiger partial charge in [-0.05, 0) is 42.0 Å². The van der Waals surface area contributed by atoms with Gasteiger partial charge in [0.05, 0.1) is 11.7 Å². The van der Waals surface area contributed by atoms with Crippen LogP contribution in [0.4, 0.5) is 5.69 Å². The van der Waals surface area contributed by atoms with Gasteiger partial charge in [-0.1, -0.05) is 39.7 Å². The minimum atomic E-state index is -0.297. The van der Waals surface area contributed by atoms with Crippen LogP contribution < -0.4 is 10.9 Å². The summed E-state index contributed by atoms with van der Waals surface area (Å²) in [5, 5.41) is 5.81. The number of amides is 1. The molecule has 0 fully saturated rings. The highest BCUT2D eigenvalue weighted by Crippen LogP contribution is 2.31. The van der Waals surface area contributed by atoms with Crippen LogP contribution in [0.3, 0.4) is 0 Å². The van der Waals surface area contributed by atoms with Gasteiger partial charge in [-0.25, -0.2) is 4.98 Å². The standard InChI is InChI=1S/C20H13BrClN3O2S/c21-13-3-7-15(8-4-13)24-17(26)9-25-11-23-19-18(20(25)27)16(10-28-19)12-1-5-14(22)6-2-12/h1-8,10-11H,9H2,(H,24,26). The van der Waals surface area contributed by atoms with E-state index in [0.717, 1.165) is 15.6 Å². The smallest absolute Gasteiger partial charge is 0.263 e. The molecule has 0 aliphatic carbocycles. The Balaban J connectivity index is 1.64. The number of thiophene rings is 1. The van der Waals surface area contributed by atoms with Crippen molar-refractivity contribution in [3.05, 3.63) is 80.1 Å². The van der Waals surface area contributed by atoms with Gasteiger partial charge in [0.25, 0.3) is 5.56 Å². The first-order valence-electron chi connectivity index (χ1n) is 8.29. The predicted octanol–water partition coefficient (Wildman–Crippen LogP) is 5.18. The van der Waals surface area contributed by atoms with Crippen molar-refractivity contribution in [1.82, 2.24) is 9.55 Å². The largest absolute Gasteiger partial charge is 0.325 e. The van der Waals surface area contributed by atoms with Crippen LogP contribution in [0.1, 0.15) is 0 Å². The predicted molar refractivity (Wildman–Crippen MR) is 117 cm³/mol. The second-order valence-corrected chi connectivity index (χ2v) is 8.28. The number of benzene rings is 2. The maximum Gasteiger partial charge on any atom is 0.263 e. The molecule has 2 aromatic heterocycles. The van der Waals surface area contributed by atoms with Crippen molar-refractivity contribution in [2.24, 2.45) is 0 Å². The number of carbonyl (C=O) groups excluding carboxylic acids is 1. The molecule has 0 aliphatic heterocycles. The van der Waals surface area contributed by atoms with Gasteiger partial charge in [-0.2, -0.15) is 0 Å². The summed E-state index contributed by atoms with van der Waals surface area (Å²) in [5.74, 6) is -0.297. The lowest BCUT2D eigenvalue weighted by atomic mass is 10.1. The van der Waals surface area contributed by atoms with E-state index in [1.165, 1.54) is 22.2 Å². The second kappa shape index (κ2) is 7.87. The average Bonchev–Trinajstić information content (AvgIpc) is 3.11. The molecule has 8 heteroatoms. The van der Waals surface area contributed by atoms with Gasteiger partial charge in [0, 0.05) is 26.1 Å². The summed E-state index contributed by atoms with van der Waals surface area (Å²) in [7, 11) is 0. The number of hydrogen-bond acceptors (Lipinski definition) is 4. The van der Waals surface area contributed by atoms with Crippen molar-refractivity contribution in [2.75, 3.05) is 5.32 Å². The van der Waals surface area contributed by atoms with E-state index in [-0.39, 0.29) is 18.0 Å². The maximum absolute atomic E-state index is 13.0. The topological polar surface area (TPSA) is 64.0 Å². The molecule has 140 valence electrons. The Hall–Kier alpha value is -2.48. The van der Waals surface area contributed by atoms with Crippen LogP contribution in [0, 0.1) is 0 Å². The number of anilines is 1. The molecule has 0 radical (unpaired) electrons. The molecule has 2 aromatic carbocycles.